The standard InChI is InChI=1S/C21H16ClF3N2O/c22-18-11-16(21(23,24)25)13-26-20(18)27-19(28)12-17(14-7-3-1-4-8-14)15-9-5-2-6-10-15/h1-11,13,17H,12H2,(H,26,27,28). The van der Waals surface area contributed by atoms with E-state index in [1.807, 2.05) is 60.7 Å². The summed E-state index contributed by atoms with van der Waals surface area (Å²) < 4.78 is 38.2. The van der Waals surface area contributed by atoms with E-state index in [0.29, 0.717) is 6.20 Å². The molecule has 0 unspecified atom stereocenters. The van der Waals surface area contributed by atoms with Gasteiger partial charge in [-0.1, -0.05) is 72.3 Å². The maximum atomic E-state index is 12.7. The fourth-order valence-electron chi connectivity index (χ4n) is 2.85. The highest BCUT2D eigenvalue weighted by Gasteiger charge is 2.31. The summed E-state index contributed by atoms with van der Waals surface area (Å²) in [6.07, 6.45) is -3.81. The lowest BCUT2D eigenvalue weighted by Gasteiger charge is -2.18. The Kier molecular flexibility index (Phi) is 5.99. The Morgan fingerprint density at radius 3 is 2.00 bits per heavy atom. The van der Waals surface area contributed by atoms with E-state index in [4.69, 9.17) is 11.6 Å². The normalized spacial score (nSPS) is 11.5. The molecule has 1 aromatic heterocycles. The van der Waals surface area contributed by atoms with E-state index >= 15 is 0 Å². The van der Waals surface area contributed by atoms with Gasteiger partial charge in [-0.25, -0.2) is 4.98 Å². The third kappa shape index (κ3) is 4.89. The van der Waals surface area contributed by atoms with Gasteiger partial charge in [0.05, 0.1) is 10.6 Å². The van der Waals surface area contributed by atoms with Gasteiger partial charge in [0, 0.05) is 18.5 Å². The predicted octanol–water partition coefficient (Wildman–Crippen LogP) is 5.91. The molecule has 1 heterocycles. The van der Waals surface area contributed by atoms with Gasteiger partial charge in [-0.2, -0.15) is 13.2 Å². The number of carbonyl (C=O) groups is 1. The van der Waals surface area contributed by atoms with Crippen molar-refractivity contribution in [3.8, 4) is 0 Å². The summed E-state index contributed by atoms with van der Waals surface area (Å²) in [4.78, 5) is 16.2. The number of rotatable bonds is 5. The summed E-state index contributed by atoms with van der Waals surface area (Å²) in [6, 6.07) is 19.8. The van der Waals surface area contributed by atoms with Crippen molar-refractivity contribution in [2.75, 3.05) is 5.32 Å². The maximum Gasteiger partial charge on any atom is 0.417 e. The number of aromatic nitrogens is 1. The van der Waals surface area contributed by atoms with Crippen LogP contribution < -0.4 is 5.32 Å². The van der Waals surface area contributed by atoms with Crippen LogP contribution in [0.2, 0.25) is 5.02 Å². The van der Waals surface area contributed by atoms with Crippen molar-refractivity contribution < 1.29 is 18.0 Å². The van der Waals surface area contributed by atoms with E-state index in [2.05, 4.69) is 10.3 Å². The van der Waals surface area contributed by atoms with Gasteiger partial charge in [0.25, 0.3) is 0 Å². The van der Waals surface area contributed by atoms with Crippen molar-refractivity contribution >= 4 is 23.3 Å². The quantitative estimate of drug-likeness (QED) is 0.574. The average molecular weight is 405 g/mol. The predicted molar refractivity (Wildman–Crippen MR) is 102 cm³/mol. The smallest absolute Gasteiger partial charge is 0.309 e. The molecule has 1 amide bonds. The van der Waals surface area contributed by atoms with Crippen LogP contribution in [0.25, 0.3) is 0 Å². The number of hydrogen-bond donors (Lipinski definition) is 1. The fourth-order valence-corrected chi connectivity index (χ4v) is 3.07. The Morgan fingerprint density at radius 2 is 1.54 bits per heavy atom. The Morgan fingerprint density at radius 1 is 1.00 bits per heavy atom. The summed E-state index contributed by atoms with van der Waals surface area (Å²) in [5.74, 6) is -0.706. The lowest BCUT2D eigenvalue weighted by atomic mass is 9.88. The molecule has 2 aromatic carbocycles. The molecule has 7 heteroatoms. The second-order valence-electron chi connectivity index (χ2n) is 6.18. The molecular formula is C21H16ClF3N2O. The van der Waals surface area contributed by atoms with Crippen molar-refractivity contribution in [2.45, 2.75) is 18.5 Å². The SMILES string of the molecule is O=C(CC(c1ccccc1)c1ccccc1)Nc1ncc(C(F)(F)F)cc1Cl. The van der Waals surface area contributed by atoms with Crippen molar-refractivity contribution in [1.82, 2.24) is 4.98 Å². The van der Waals surface area contributed by atoms with Crippen LogP contribution >= 0.6 is 11.6 Å². The fraction of sp³-hybridized carbons (Fsp3) is 0.143. The number of amides is 1. The molecule has 28 heavy (non-hydrogen) atoms. The summed E-state index contributed by atoms with van der Waals surface area (Å²) in [7, 11) is 0. The lowest BCUT2D eigenvalue weighted by Crippen LogP contribution is -2.18. The first-order valence-electron chi connectivity index (χ1n) is 8.47. The minimum Gasteiger partial charge on any atom is -0.309 e. The molecule has 3 rings (SSSR count). The van der Waals surface area contributed by atoms with Crippen LogP contribution in [0.1, 0.15) is 29.0 Å². The number of hydrogen-bond acceptors (Lipinski definition) is 2. The molecule has 0 fully saturated rings. The average Bonchev–Trinajstić information content (AvgIpc) is 2.68. The van der Waals surface area contributed by atoms with Crippen molar-refractivity contribution in [3.05, 3.63) is 94.6 Å². The lowest BCUT2D eigenvalue weighted by molar-refractivity contribution is -0.137. The van der Waals surface area contributed by atoms with E-state index in [0.717, 1.165) is 17.2 Å². The van der Waals surface area contributed by atoms with Crippen LogP contribution in [0.15, 0.2) is 72.9 Å². The zero-order valence-corrected chi connectivity index (χ0v) is 15.3. The van der Waals surface area contributed by atoms with E-state index in [-0.39, 0.29) is 23.2 Å². The first-order valence-corrected chi connectivity index (χ1v) is 8.85. The Balaban J connectivity index is 1.80. The molecule has 1 N–H and O–H groups in total. The largest absolute Gasteiger partial charge is 0.417 e. The van der Waals surface area contributed by atoms with Crippen LogP contribution in [0, 0.1) is 0 Å². The highest BCUT2D eigenvalue weighted by atomic mass is 35.5. The number of halogens is 4. The van der Waals surface area contributed by atoms with Crippen LogP contribution in [-0.2, 0) is 11.0 Å². The highest BCUT2D eigenvalue weighted by molar-refractivity contribution is 6.33. The first-order chi connectivity index (χ1) is 13.3. The van der Waals surface area contributed by atoms with Gasteiger partial charge in [0.1, 0.15) is 0 Å². The molecular weight excluding hydrogens is 389 g/mol. The number of benzene rings is 2. The number of carbonyl (C=O) groups excluding carboxylic acids is 1. The highest BCUT2D eigenvalue weighted by Crippen LogP contribution is 2.33. The van der Waals surface area contributed by atoms with Gasteiger partial charge in [0.15, 0.2) is 5.82 Å². The van der Waals surface area contributed by atoms with E-state index < -0.39 is 17.6 Å². The summed E-state index contributed by atoms with van der Waals surface area (Å²) >= 11 is 5.87. The van der Waals surface area contributed by atoms with Crippen molar-refractivity contribution in [3.63, 3.8) is 0 Å². The summed E-state index contributed by atoms with van der Waals surface area (Å²) in [5, 5.41) is 2.24. The second kappa shape index (κ2) is 8.44. The zero-order chi connectivity index (χ0) is 20.1. The van der Waals surface area contributed by atoms with Gasteiger partial charge < -0.3 is 5.32 Å². The van der Waals surface area contributed by atoms with Crippen molar-refractivity contribution in [1.29, 1.82) is 0 Å². The molecule has 0 radical (unpaired) electrons. The van der Waals surface area contributed by atoms with Crippen LogP contribution in [0.3, 0.4) is 0 Å². The topological polar surface area (TPSA) is 42.0 Å². The van der Waals surface area contributed by atoms with Crippen molar-refractivity contribution in [2.24, 2.45) is 0 Å². The second-order valence-corrected chi connectivity index (χ2v) is 6.59. The molecule has 0 aliphatic heterocycles. The minimum absolute atomic E-state index is 0.0903. The molecule has 0 saturated heterocycles. The number of nitrogens with one attached hydrogen (secondary N) is 1. The van der Waals surface area contributed by atoms with E-state index in [1.54, 1.807) is 0 Å². The van der Waals surface area contributed by atoms with Crippen LogP contribution in [0.4, 0.5) is 19.0 Å². The third-order valence-electron chi connectivity index (χ3n) is 4.22. The molecule has 3 nitrogen and oxygen atoms in total. The summed E-state index contributed by atoms with van der Waals surface area (Å²) in [6.45, 7) is 0. The summed E-state index contributed by atoms with van der Waals surface area (Å²) in [5.41, 5.74) is 0.938. The van der Waals surface area contributed by atoms with E-state index in [1.165, 1.54) is 0 Å². The van der Waals surface area contributed by atoms with Crippen LogP contribution in [0.5, 0.6) is 0 Å². The van der Waals surface area contributed by atoms with Gasteiger partial charge in [-0.05, 0) is 17.2 Å². The van der Waals surface area contributed by atoms with Gasteiger partial charge in [-0.15, -0.1) is 0 Å². The molecule has 0 aliphatic rings. The Labute approximate surface area is 165 Å². The number of alkyl halides is 3. The zero-order valence-electron chi connectivity index (χ0n) is 14.6. The third-order valence-corrected chi connectivity index (χ3v) is 4.51. The van der Waals surface area contributed by atoms with Gasteiger partial charge in [0.2, 0.25) is 5.91 Å². The Bertz CT molecular complexity index is 907. The molecule has 0 atom stereocenters. The van der Waals surface area contributed by atoms with Crippen LogP contribution in [-0.4, -0.2) is 10.9 Å². The molecule has 0 aliphatic carbocycles. The van der Waals surface area contributed by atoms with E-state index in [9.17, 15) is 18.0 Å². The Hall–Kier alpha value is -2.86. The number of pyridine rings is 1. The first kappa shape index (κ1) is 19.9. The molecule has 0 saturated carbocycles. The molecule has 0 bridgehead atoms. The van der Waals surface area contributed by atoms with Gasteiger partial charge >= 0.3 is 6.18 Å². The molecule has 0 spiro atoms. The molecule has 144 valence electrons. The van der Waals surface area contributed by atoms with Gasteiger partial charge in [-0.3, -0.25) is 4.79 Å². The number of anilines is 1. The number of nitrogens with zero attached hydrogens (tertiary/aromatic N) is 1. The maximum absolute atomic E-state index is 12.7. The minimum atomic E-state index is -4.55. The molecule has 3 aromatic rings. The monoisotopic (exact) mass is 404 g/mol.